The van der Waals surface area contributed by atoms with E-state index in [1.165, 1.54) is 51.7 Å². The molecule has 2 unspecified atom stereocenters. The van der Waals surface area contributed by atoms with Crippen molar-refractivity contribution in [2.75, 3.05) is 39.4 Å². The molecule has 0 aromatic heterocycles. The number of likely N-dealkylation sites (tertiary alicyclic amines) is 2. The molecule has 0 spiro atoms. The van der Waals surface area contributed by atoms with Crippen LogP contribution in [-0.4, -0.2) is 71.5 Å². The standard InChI is InChI=1S/C15H30N2O2/c18-11-3-1-2-8-16-9-4-6-14(16)12-17-10-5-7-15(17)13-19/h14-15,18-19H,1-13H2. The molecule has 0 saturated carbocycles. The predicted octanol–water partition coefficient (Wildman–Crippen LogP) is 1.07. The molecule has 0 bridgehead atoms. The van der Waals surface area contributed by atoms with E-state index in [1.54, 1.807) is 0 Å². The van der Waals surface area contributed by atoms with Gasteiger partial charge in [0.05, 0.1) is 6.61 Å². The van der Waals surface area contributed by atoms with Crippen molar-refractivity contribution in [3.8, 4) is 0 Å². The average molecular weight is 270 g/mol. The molecule has 4 heteroatoms. The van der Waals surface area contributed by atoms with Crippen molar-refractivity contribution in [3.05, 3.63) is 0 Å². The van der Waals surface area contributed by atoms with Crippen LogP contribution in [0.5, 0.6) is 0 Å². The Hall–Kier alpha value is -0.160. The van der Waals surface area contributed by atoms with Gasteiger partial charge in [0.1, 0.15) is 0 Å². The number of hydrogen-bond acceptors (Lipinski definition) is 4. The normalized spacial score (nSPS) is 29.4. The molecule has 0 aliphatic carbocycles. The largest absolute Gasteiger partial charge is 0.396 e. The molecule has 2 aliphatic heterocycles. The fourth-order valence-corrected chi connectivity index (χ4v) is 3.61. The second-order valence-electron chi connectivity index (χ2n) is 6.09. The van der Waals surface area contributed by atoms with Crippen LogP contribution in [0.3, 0.4) is 0 Å². The predicted molar refractivity (Wildman–Crippen MR) is 77.2 cm³/mol. The van der Waals surface area contributed by atoms with Crippen LogP contribution in [0, 0.1) is 0 Å². The van der Waals surface area contributed by atoms with Gasteiger partial charge in [-0.1, -0.05) is 0 Å². The van der Waals surface area contributed by atoms with Crippen molar-refractivity contribution in [2.45, 2.75) is 57.0 Å². The lowest BCUT2D eigenvalue weighted by Gasteiger charge is -2.31. The molecule has 0 aromatic rings. The third-order valence-corrected chi connectivity index (χ3v) is 4.76. The van der Waals surface area contributed by atoms with E-state index in [-0.39, 0.29) is 0 Å². The van der Waals surface area contributed by atoms with Crippen LogP contribution in [0.4, 0.5) is 0 Å². The van der Waals surface area contributed by atoms with Gasteiger partial charge in [0.2, 0.25) is 0 Å². The number of aliphatic hydroxyl groups excluding tert-OH is 2. The van der Waals surface area contributed by atoms with Crippen molar-refractivity contribution >= 4 is 0 Å². The molecular formula is C15H30N2O2. The van der Waals surface area contributed by atoms with E-state index in [9.17, 15) is 5.11 Å². The first-order valence-corrected chi connectivity index (χ1v) is 8.05. The first-order chi connectivity index (χ1) is 9.35. The van der Waals surface area contributed by atoms with E-state index in [4.69, 9.17) is 5.11 Å². The number of unbranched alkanes of at least 4 members (excludes halogenated alkanes) is 2. The highest BCUT2D eigenvalue weighted by Crippen LogP contribution is 2.23. The zero-order valence-electron chi connectivity index (χ0n) is 12.1. The van der Waals surface area contributed by atoms with Crippen molar-refractivity contribution in [1.29, 1.82) is 0 Å². The highest BCUT2D eigenvalue weighted by molar-refractivity contribution is 4.86. The molecule has 4 nitrogen and oxygen atoms in total. The maximum absolute atomic E-state index is 9.40. The Morgan fingerprint density at radius 3 is 2.32 bits per heavy atom. The Kier molecular flexibility index (Phi) is 6.57. The van der Waals surface area contributed by atoms with Gasteiger partial charge in [-0.3, -0.25) is 9.80 Å². The monoisotopic (exact) mass is 270 g/mol. The zero-order valence-corrected chi connectivity index (χ0v) is 12.1. The summed E-state index contributed by atoms with van der Waals surface area (Å²) in [6.45, 7) is 5.38. The van der Waals surface area contributed by atoms with Gasteiger partial charge in [0.15, 0.2) is 0 Å². The molecular weight excluding hydrogens is 240 g/mol. The first kappa shape index (κ1) is 15.2. The molecule has 0 radical (unpaired) electrons. The molecule has 2 aliphatic rings. The minimum Gasteiger partial charge on any atom is -0.396 e. The van der Waals surface area contributed by atoms with Crippen LogP contribution < -0.4 is 0 Å². The number of rotatable bonds is 8. The minimum atomic E-state index is 0.323. The van der Waals surface area contributed by atoms with Crippen LogP contribution in [0.25, 0.3) is 0 Å². The molecule has 2 N–H and O–H groups in total. The quantitative estimate of drug-likeness (QED) is 0.648. The van der Waals surface area contributed by atoms with E-state index in [1.807, 2.05) is 0 Å². The van der Waals surface area contributed by atoms with Crippen LogP contribution in [0.1, 0.15) is 44.9 Å². The molecule has 19 heavy (non-hydrogen) atoms. The summed E-state index contributed by atoms with van der Waals surface area (Å²) in [4.78, 5) is 5.13. The summed E-state index contributed by atoms with van der Waals surface area (Å²) in [6.07, 6.45) is 8.34. The first-order valence-electron chi connectivity index (χ1n) is 8.05. The highest BCUT2D eigenvalue weighted by atomic mass is 16.3. The zero-order chi connectivity index (χ0) is 13.5. The smallest absolute Gasteiger partial charge is 0.0586 e. The number of hydrogen-bond donors (Lipinski definition) is 2. The Bertz CT molecular complexity index is 250. The molecule has 2 fully saturated rings. The van der Waals surface area contributed by atoms with E-state index in [2.05, 4.69) is 9.80 Å². The van der Waals surface area contributed by atoms with Gasteiger partial charge in [0.25, 0.3) is 0 Å². The summed E-state index contributed by atoms with van der Waals surface area (Å²) in [5, 5.41) is 18.2. The van der Waals surface area contributed by atoms with Gasteiger partial charge in [-0.2, -0.15) is 0 Å². The van der Waals surface area contributed by atoms with Crippen LogP contribution in [0.15, 0.2) is 0 Å². The summed E-state index contributed by atoms with van der Waals surface area (Å²) in [5.41, 5.74) is 0. The Morgan fingerprint density at radius 1 is 0.842 bits per heavy atom. The topological polar surface area (TPSA) is 46.9 Å². The molecule has 112 valence electrons. The van der Waals surface area contributed by atoms with Gasteiger partial charge in [-0.05, 0) is 64.6 Å². The summed E-state index contributed by atoms with van der Waals surface area (Å²) >= 11 is 0. The van der Waals surface area contributed by atoms with E-state index in [0.29, 0.717) is 25.3 Å². The lowest BCUT2D eigenvalue weighted by Crippen LogP contribution is -2.43. The summed E-state index contributed by atoms with van der Waals surface area (Å²) in [7, 11) is 0. The highest BCUT2D eigenvalue weighted by Gasteiger charge is 2.30. The number of aliphatic hydroxyl groups is 2. The number of nitrogens with zero attached hydrogens (tertiary/aromatic N) is 2. The third kappa shape index (κ3) is 4.42. The Balaban J connectivity index is 1.72. The Morgan fingerprint density at radius 2 is 1.58 bits per heavy atom. The van der Waals surface area contributed by atoms with Gasteiger partial charge in [-0.15, -0.1) is 0 Å². The minimum absolute atomic E-state index is 0.323. The Labute approximate surface area is 117 Å². The van der Waals surface area contributed by atoms with Crippen LogP contribution >= 0.6 is 0 Å². The molecule has 2 saturated heterocycles. The van der Waals surface area contributed by atoms with E-state index >= 15 is 0 Å². The molecule has 2 atom stereocenters. The van der Waals surface area contributed by atoms with Crippen LogP contribution in [-0.2, 0) is 0 Å². The molecule has 0 aromatic carbocycles. The second kappa shape index (κ2) is 8.20. The van der Waals surface area contributed by atoms with Crippen LogP contribution in [0.2, 0.25) is 0 Å². The van der Waals surface area contributed by atoms with Gasteiger partial charge in [0, 0.05) is 25.2 Å². The lowest BCUT2D eigenvalue weighted by molar-refractivity contribution is 0.121. The lowest BCUT2D eigenvalue weighted by atomic mass is 10.1. The molecule has 2 rings (SSSR count). The third-order valence-electron chi connectivity index (χ3n) is 4.76. The summed E-state index contributed by atoms with van der Waals surface area (Å²) in [6, 6.07) is 1.11. The maximum Gasteiger partial charge on any atom is 0.0586 e. The molecule has 2 heterocycles. The summed E-state index contributed by atoms with van der Waals surface area (Å²) in [5.74, 6) is 0. The molecule has 0 amide bonds. The van der Waals surface area contributed by atoms with Gasteiger partial charge in [-0.25, -0.2) is 0 Å². The van der Waals surface area contributed by atoms with Gasteiger partial charge >= 0.3 is 0 Å². The second-order valence-corrected chi connectivity index (χ2v) is 6.09. The fraction of sp³-hybridized carbons (Fsp3) is 1.00. The summed E-state index contributed by atoms with van der Waals surface area (Å²) < 4.78 is 0. The average Bonchev–Trinajstić information content (AvgIpc) is 3.04. The van der Waals surface area contributed by atoms with E-state index in [0.717, 1.165) is 19.4 Å². The van der Waals surface area contributed by atoms with Crippen molar-refractivity contribution in [3.63, 3.8) is 0 Å². The van der Waals surface area contributed by atoms with E-state index < -0.39 is 0 Å². The van der Waals surface area contributed by atoms with Crippen molar-refractivity contribution in [2.24, 2.45) is 0 Å². The van der Waals surface area contributed by atoms with Gasteiger partial charge < -0.3 is 10.2 Å². The fourth-order valence-electron chi connectivity index (χ4n) is 3.61. The SMILES string of the molecule is OCCCCCN1CCCC1CN1CCCC1CO. The van der Waals surface area contributed by atoms with Crippen molar-refractivity contribution in [1.82, 2.24) is 9.80 Å². The maximum atomic E-state index is 9.40. The van der Waals surface area contributed by atoms with Crippen molar-refractivity contribution < 1.29 is 10.2 Å².